The van der Waals surface area contributed by atoms with E-state index in [-0.39, 0.29) is 22.8 Å². The molecule has 2 aliphatic heterocycles. The number of nitrogens with zero attached hydrogens (tertiary/aromatic N) is 1. The maximum Gasteiger partial charge on any atom is 0.225 e. The van der Waals surface area contributed by atoms with E-state index in [1.54, 1.807) is 0 Å². The van der Waals surface area contributed by atoms with Gasteiger partial charge in [0.1, 0.15) is 0 Å². The summed E-state index contributed by atoms with van der Waals surface area (Å²) < 4.78 is 0. The molecule has 1 spiro atoms. The number of rotatable bonds is 2. The van der Waals surface area contributed by atoms with E-state index in [9.17, 15) is 9.59 Å². The number of hydrogen-bond donors (Lipinski definition) is 1. The first-order valence-corrected chi connectivity index (χ1v) is 10.5. The number of carbonyl (C=O) groups excluding carboxylic acids is 2. The molecule has 1 saturated carbocycles. The Balaban J connectivity index is 1.29. The highest BCUT2D eigenvalue weighted by molar-refractivity contribution is 5.83. The van der Waals surface area contributed by atoms with Crippen molar-refractivity contribution in [3.63, 3.8) is 0 Å². The van der Waals surface area contributed by atoms with E-state index < -0.39 is 0 Å². The Bertz CT molecular complexity index is 718. The number of benzene rings is 1. The molecule has 3 fully saturated rings. The van der Waals surface area contributed by atoms with Crippen molar-refractivity contribution >= 4 is 11.8 Å². The lowest BCUT2D eigenvalue weighted by atomic mass is 9.67. The number of carbonyl (C=O) groups is 2. The summed E-state index contributed by atoms with van der Waals surface area (Å²) in [6.45, 7) is 8.45. The summed E-state index contributed by atoms with van der Waals surface area (Å²) in [6, 6.07) is 9.08. The molecule has 1 aromatic rings. The van der Waals surface area contributed by atoms with Crippen molar-refractivity contribution in [3.8, 4) is 0 Å². The van der Waals surface area contributed by atoms with Crippen LogP contribution in [0, 0.1) is 5.92 Å². The molecule has 2 saturated heterocycles. The van der Waals surface area contributed by atoms with Gasteiger partial charge in [-0.25, -0.2) is 0 Å². The molecule has 27 heavy (non-hydrogen) atoms. The average Bonchev–Trinajstić information content (AvgIpc) is 3.02. The van der Waals surface area contributed by atoms with Crippen LogP contribution >= 0.6 is 0 Å². The Kier molecular flexibility index (Phi) is 4.56. The number of hydrogen-bond acceptors (Lipinski definition) is 2. The van der Waals surface area contributed by atoms with Gasteiger partial charge in [-0.2, -0.15) is 0 Å². The molecule has 0 aromatic heterocycles. The topological polar surface area (TPSA) is 49.4 Å². The number of nitrogens with one attached hydrogen (secondary N) is 1. The third-order valence-corrected chi connectivity index (χ3v) is 6.91. The Morgan fingerprint density at radius 2 is 1.74 bits per heavy atom. The molecule has 0 unspecified atom stereocenters. The minimum atomic E-state index is -0.0511. The zero-order chi connectivity index (χ0) is 19.2. The monoisotopic (exact) mass is 368 g/mol. The third-order valence-electron chi connectivity index (χ3n) is 6.91. The molecule has 1 N–H and O–H groups in total. The van der Waals surface area contributed by atoms with Crippen molar-refractivity contribution in [2.75, 3.05) is 13.1 Å². The van der Waals surface area contributed by atoms with E-state index in [4.69, 9.17) is 0 Å². The van der Waals surface area contributed by atoms with Crippen molar-refractivity contribution < 1.29 is 9.59 Å². The fourth-order valence-corrected chi connectivity index (χ4v) is 5.08. The molecule has 1 aromatic carbocycles. The molecule has 0 bridgehead atoms. The highest BCUT2D eigenvalue weighted by atomic mass is 16.2. The third kappa shape index (κ3) is 3.63. The zero-order valence-electron chi connectivity index (χ0n) is 16.9. The van der Waals surface area contributed by atoms with Crippen LogP contribution in [0.4, 0.5) is 0 Å². The summed E-state index contributed by atoms with van der Waals surface area (Å²) in [6.07, 6.45) is 5.31. The summed E-state index contributed by atoms with van der Waals surface area (Å²) in [5.74, 6) is 1.14. The Morgan fingerprint density at radius 1 is 1.11 bits per heavy atom. The predicted molar refractivity (Wildman–Crippen MR) is 107 cm³/mol. The van der Waals surface area contributed by atoms with Crippen molar-refractivity contribution in [3.05, 3.63) is 35.4 Å². The van der Waals surface area contributed by atoms with Crippen molar-refractivity contribution in [2.45, 2.75) is 76.2 Å². The van der Waals surface area contributed by atoms with Crippen LogP contribution in [0.3, 0.4) is 0 Å². The van der Waals surface area contributed by atoms with E-state index in [1.165, 1.54) is 11.1 Å². The summed E-state index contributed by atoms with van der Waals surface area (Å²) in [5, 5.41) is 3.09. The quantitative estimate of drug-likeness (QED) is 0.864. The van der Waals surface area contributed by atoms with Crippen molar-refractivity contribution in [1.29, 1.82) is 0 Å². The molecule has 146 valence electrons. The molecular formula is C23H32N2O2. The second-order valence-electron chi connectivity index (χ2n) is 9.91. The summed E-state index contributed by atoms with van der Waals surface area (Å²) in [7, 11) is 0. The van der Waals surface area contributed by atoms with Gasteiger partial charge in [0.25, 0.3) is 0 Å². The molecule has 3 aliphatic rings. The Labute approximate surface area is 162 Å². The van der Waals surface area contributed by atoms with Crippen LogP contribution in [0.25, 0.3) is 0 Å². The van der Waals surface area contributed by atoms with Crippen LogP contribution in [-0.4, -0.2) is 35.3 Å². The van der Waals surface area contributed by atoms with E-state index >= 15 is 0 Å². The minimum Gasteiger partial charge on any atom is -0.351 e. The van der Waals surface area contributed by atoms with Crippen LogP contribution < -0.4 is 5.32 Å². The first-order chi connectivity index (χ1) is 12.8. The number of piperidine rings is 1. The lowest BCUT2D eigenvalue weighted by molar-refractivity contribution is -0.142. The van der Waals surface area contributed by atoms with Gasteiger partial charge < -0.3 is 10.2 Å². The summed E-state index contributed by atoms with van der Waals surface area (Å²) in [5.41, 5.74) is 2.92. The second kappa shape index (κ2) is 6.65. The SMILES string of the molecule is CC(C)(C)c1ccc(C2CCN(C(=O)C3CC4(CCC(=O)N4)C3)CC2)cc1. The maximum atomic E-state index is 12.8. The standard InChI is InChI=1S/C23H32N2O2/c1-22(2,3)19-6-4-16(5-7-19)17-9-12-25(13-10-17)21(27)18-14-23(15-18)11-8-20(26)24-23/h4-7,17-18H,8-15H2,1-3H3,(H,24,26). The molecule has 4 nitrogen and oxygen atoms in total. The van der Waals surface area contributed by atoms with Gasteiger partial charge in [0, 0.05) is 31.0 Å². The molecule has 0 radical (unpaired) electrons. The first kappa shape index (κ1) is 18.5. The lowest BCUT2D eigenvalue weighted by Crippen LogP contribution is -2.57. The van der Waals surface area contributed by atoms with Gasteiger partial charge in [-0.1, -0.05) is 45.0 Å². The number of amides is 2. The summed E-state index contributed by atoms with van der Waals surface area (Å²) in [4.78, 5) is 26.3. The lowest BCUT2D eigenvalue weighted by Gasteiger charge is -2.46. The fourth-order valence-electron chi connectivity index (χ4n) is 5.08. The van der Waals surface area contributed by atoms with Crippen molar-refractivity contribution in [2.24, 2.45) is 5.92 Å². The highest BCUT2D eigenvalue weighted by Gasteiger charge is 2.51. The molecular weight excluding hydrogens is 336 g/mol. The molecule has 4 rings (SSSR count). The van der Waals surface area contributed by atoms with Gasteiger partial charge in [-0.3, -0.25) is 9.59 Å². The average molecular weight is 369 g/mol. The fraction of sp³-hybridized carbons (Fsp3) is 0.652. The smallest absolute Gasteiger partial charge is 0.225 e. The van der Waals surface area contributed by atoms with Crippen LogP contribution in [-0.2, 0) is 15.0 Å². The van der Waals surface area contributed by atoms with E-state index in [0.29, 0.717) is 18.2 Å². The van der Waals surface area contributed by atoms with Gasteiger partial charge in [-0.15, -0.1) is 0 Å². The van der Waals surface area contributed by atoms with Crippen LogP contribution in [0.15, 0.2) is 24.3 Å². The predicted octanol–water partition coefficient (Wildman–Crippen LogP) is 3.75. The van der Waals surface area contributed by atoms with Crippen LogP contribution in [0.2, 0.25) is 0 Å². The van der Waals surface area contributed by atoms with Gasteiger partial charge in [0.15, 0.2) is 0 Å². The molecule has 2 amide bonds. The van der Waals surface area contributed by atoms with Crippen LogP contribution in [0.5, 0.6) is 0 Å². The van der Waals surface area contributed by atoms with Crippen molar-refractivity contribution in [1.82, 2.24) is 10.2 Å². The van der Waals surface area contributed by atoms with Gasteiger partial charge in [0.2, 0.25) is 11.8 Å². The molecule has 1 aliphatic carbocycles. The molecule has 0 atom stereocenters. The van der Waals surface area contributed by atoms with Gasteiger partial charge in [0.05, 0.1) is 0 Å². The largest absolute Gasteiger partial charge is 0.351 e. The van der Waals surface area contributed by atoms with E-state index in [1.807, 2.05) is 0 Å². The van der Waals surface area contributed by atoms with Crippen LogP contribution in [0.1, 0.15) is 76.3 Å². The zero-order valence-corrected chi connectivity index (χ0v) is 16.9. The Hall–Kier alpha value is -1.84. The first-order valence-electron chi connectivity index (χ1n) is 10.5. The van der Waals surface area contributed by atoms with E-state index in [2.05, 4.69) is 55.3 Å². The molecule has 2 heterocycles. The normalized spacial score (nSPS) is 28.9. The highest BCUT2D eigenvalue weighted by Crippen LogP contribution is 2.45. The second-order valence-corrected chi connectivity index (χ2v) is 9.91. The Morgan fingerprint density at radius 3 is 2.26 bits per heavy atom. The molecule has 4 heteroatoms. The summed E-state index contributed by atoms with van der Waals surface area (Å²) >= 11 is 0. The van der Waals surface area contributed by atoms with Gasteiger partial charge >= 0.3 is 0 Å². The van der Waals surface area contributed by atoms with Gasteiger partial charge in [-0.05, 0) is 54.6 Å². The number of likely N-dealkylation sites (tertiary alicyclic amines) is 1. The maximum absolute atomic E-state index is 12.8. The van der Waals surface area contributed by atoms with E-state index in [0.717, 1.165) is 45.2 Å². The minimum absolute atomic E-state index is 0.0511.